The number of ether oxygens (including phenoxy) is 1. The Balaban J connectivity index is 1.30. The molecular weight excluding hydrogens is 497 g/mol. The van der Waals surface area contributed by atoms with Gasteiger partial charge in [-0.2, -0.15) is 0 Å². The van der Waals surface area contributed by atoms with Gasteiger partial charge >= 0.3 is 0 Å². The van der Waals surface area contributed by atoms with Crippen LogP contribution in [0.5, 0.6) is 5.75 Å². The molecule has 1 fully saturated rings. The number of piperazine rings is 1. The van der Waals surface area contributed by atoms with Gasteiger partial charge in [-0.1, -0.05) is 0 Å². The molecule has 10 heteroatoms. The summed E-state index contributed by atoms with van der Waals surface area (Å²) >= 11 is 0. The van der Waals surface area contributed by atoms with Crippen LogP contribution in [0.25, 0.3) is 16.9 Å². The van der Waals surface area contributed by atoms with E-state index in [1.165, 1.54) is 13.2 Å². The van der Waals surface area contributed by atoms with Gasteiger partial charge in [-0.3, -0.25) is 14.1 Å². The van der Waals surface area contributed by atoms with Crippen molar-refractivity contribution in [3.63, 3.8) is 0 Å². The molecule has 1 aliphatic heterocycles. The molecule has 39 heavy (non-hydrogen) atoms. The first-order chi connectivity index (χ1) is 18.8. The number of likely N-dealkylation sites (N-methyl/N-ethyl adjacent to an activating group) is 1. The molecule has 0 saturated carbocycles. The molecule has 0 spiro atoms. The van der Waals surface area contributed by atoms with E-state index in [9.17, 15) is 9.18 Å². The van der Waals surface area contributed by atoms with E-state index in [1.807, 2.05) is 34.4 Å². The van der Waals surface area contributed by atoms with Gasteiger partial charge in [-0.25, -0.2) is 14.4 Å². The zero-order chi connectivity index (χ0) is 27.5. The second kappa shape index (κ2) is 11.4. The van der Waals surface area contributed by atoms with Crippen molar-refractivity contribution in [1.29, 1.82) is 0 Å². The maximum Gasteiger partial charge on any atom is 0.254 e. The van der Waals surface area contributed by atoms with Crippen molar-refractivity contribution in [3.8, 4) is 17.0 Å². The molecule has 204 valence electrons. The molecule has 1 amide bonds. The van der Waals surface area contributed by atoms with E-state index < -0.39 is 5.82 Å². The van der Waals surface area contributed by atoms with E-state index in [-0.39, 0.29) is 11.7 Å². The third kappa shape index (κ3) is 5.71. The maximum absolute atomic E-state index is 14.3. The Morgan fingerprint density at radius 1 is 1.10 bits per heavy atom. The number of rotatable bonds is 8. The van der Waals surface area contributed by atoms with Crippen LogP contribution in [0.2, 0.25) is 0 Å². The summed E-state index contributed by atoms with van der Waals surface area (Å²) in [7, 11) is 5.60. The summed E-state index contributed by atoms with van der Waals surface area (Å²) in [5.74, 6) is 0.381. The highest BCUT2D eigenvalue weighted by Crippen LogP contribution is 2.29. The molecule has 2 aromatic heterocycles. The molecule has 0 atom stereocenters. The first kappa shape index (κ1) is 26.6. The molecular formula is C29H34FN7O2. The lowest BCUT2D eigenvalue weighted by Crippen LogP contribution is -2.50. The highest BCUT2D eigenvalue weighted by Gasteiger charge is 2.23. The Kier molecular flexibility index (Phi) is 7.76. The minimum absolute atomic E-state index is 0.0659. The number of imidazole rings is 1. The molecule has 1 N–H and O–H groups in total. The van der Waals surface area contributed by atoms with Crippen molar-refractivity contribution >= 4 is 23.1 Å². The van der Waals surface area contributed by atoms with Crippen molar-refractivity contribution < 1.29 is 13.9 Å². The summed E-state index contributed by atoms with van der Waals surface area (Å²) in [4.78, 5) is 28.8. The number of anilines is 2. The molecule has 2 aromatic carbocycles. The lowest BCUT2D eigenvalue weighted by Gasteiger charge is -2.35. The lowest BCUT2D eigenvalue weighted by atomic mass is 10.1. The highest BCUT2D eigenvalue weighted by atomic mass is 19.1. The predicted molar refractivity (Wildman–Crippen MR) is 150 cm³/mol. The summed E-state index contributed by atoms with van der Waals surface area (Å²) < 4.78 is 21.2. The lowest BCUT2D eigenvalue weighted by molar-refractivity contribution is 0.0629. The van der Waals surface area contributed by atoms with Crippen LogP contribution in [0.4, 0.5) is 15.9 Å². The van der Waals surface area contributed by atoms with Gasteiger partial charge in [0, 0.05) is 68.5 Å². The number of hydrogen-bond donors (Lipinski definition) is 1. The summed E-state index contributed by atoms with van der Waals surface area (Å²) in [6.07, 6.45) is 5.15. The Hall–Kier alpha value is -4.02. The number of nitrogens with zero attached hydrogens (tertiary/aromatic N) is 6. The summed E-state index contributed by atoms with van der Waals surface area (Å²) in [6, 6.07) is 10.5. The number of fused-ring (bicyclic) bond motifs is 1. The number of carbonyl (C=O) groups excluding carboxylic acids is 1. The minimum Gasteiger partial charge on any atom is -0.494 e. The molecule has 9 nitrogen and oxygen atoms in total. The number of methoxy groups -OCH3 is 1. The number of amides is 1. The van der Waals surface area contributed by atoms with E-state index in [0.29, 0.717) is 22.6 Å². The van der Waals surface area contributed by atoms with Crippen LogP contribution in [0.3, 0.4) is 0 Å². The number of halogens is 1. The SMILES string of the molecule is COc1ccc(-c2cnc3c(Nc4ccc(C(=O)N5CCN(CCN(C)C)CC5)c(C)c4)nccn23)cc1F. The Morgan fingerprint density at radius 2 is 1.90 bits per heavy atom. The summed E-state index contributed by atoms with van der Waals surface area (Å²) in [5, 5.41) is 3.33. The standard InChI is InChI=1S/C29H34FN7O2/c1-20-17-22(6-7-23(20)29(38)36-15-13-35(14-16-36)12-11-34(2)3)33-27-28-32-19-25(37(28)10-9-31-27)21-5-8-26(39-4)24(30)18-21/h5-10,17-19H,11-16H2,1-4H3,(H,31,33). The van der Waals surface area contributed by atoms with E-state index in [0.717, 1.165) is 56.2 Å². The number of aromatic nitrogens is 3. The van der Waals surface area contributed by atoms with Crippen molar-refractivity contribution in [3.05, 3.63) is 71.9 Å². The van der Waals surface area contributed by atoms with Crippen LogP contribution in [0.15, 0.2) is 55.0 Å². The van der Waals surface area contributed by atoms with Gasteiger partial charge in [0.15, 0.2) is 23.0 Å². The van der Waals surface area contributed by atoms with Gasteiger partial charge in [0.1, 0.15) is 0 Å². The van der Waals surface area contributed by atoms with Crippen LogP contribution >= 0.6 is 0 Å². The first-order valence-electron chi connectivity index (χ1n) is 13.0. The van der Waals surface area contributed by atoms with Crippen molar-refractivity contribution in [2.45, 2.75) is 6.92 Å². The second-order valence-electron chi connectivity index (χ2n) is 10.1. The van der Waals surface area contributed by atoms with Crippen molar-refractivity contribution in [2.24, 2.45) is 0 Å². The van der Waals surface area contributed by atoms with Gasteiger partial charge in [-0.05, 0) is 63.0 Å². The zero-order valence-corrected chi connectivity index (χ0v) is 22.8. The number of hydrogen-bond acceptors (Lipinski definition) is 7. The number of carbonyl (C=O) groups is 1. The Bertz CT molecular complexity index is 1480. The van der Waals surface area contributed by atoms with Crippen molar-refractivity contribution in [1.82, 2.24) is 29.1 Å². The number of nitrogens with one attached hydrogen (secondary N) is 1. The monoisotopic (exact) mass is 531 g/mol. The number of aryl methyl sites for hydroxylation is 1. The molecule has 5 rings (SSSR count). The molecule has 3 heterocycles. The predicted octanol–water partition coefficient (Wildman–Crippen LogP) is 3.92. The van der Waals surface area contributed by atoms with Gasteiger partial charge in [-0.15, -0.1) is 0 Å². The van der Waals surface area contributed by atoms with Crippen LogP contribution in [-0.2, 0) is 0 Å². The largest absolute Gasteiger partial charge is 0.494 e. The number of benzene rings is 2. The molecule has 0 bridgehead atoms. The normalized spacial score (nSPS) is 14.3. The highest BCUT2D eigenvalue weighted by molar-refractivity contribution is 5.96. The fourth-order valence-electron chi connectivity index (χ4n) is 4.85. The molecule has 1 saturated heterocycles. The summed E-state index contributed by atoms with van der Waals surface area (Å²) in [5.41, 5.74) is 4.42. The van der Waals surface area contributed by atoms with E-state index in [4.69, 9.17) is 4.74 Å². The van der Waals surface area contributed by atoms with Crippen LogP contribution < -0.4 is 10.1 Å². The summed E-state index contributed by atoms with van der Waals surface area (Å²) in [6.45, 7) is 7.24. The fourth-order valence-corrected chi connectivity index (χ4v) is 4.85. The fraction of sp³-hybridized carbons (Fsp3) is 0.345. The topological polar surface area (TPSA) is 78.2 Å². The smallest absolute Gasteiger partial charge is 0.254 e. The minimum atomic E-state index is -0.436. The Morgan fingerprint density at radius 3 is 2.59 bits per heavy atom. The van der Waals surface area contributed by atoms with Crippen LogP contribution in [0.1, 0.15) is 15.9 Å². The van der Waals surface area contributed by atoms with Gasteiger partial charge in [0.2, 0.25) is 0 Å². The van der Waals surface area contributed by atoms with Gasteiger partial charge < -0.3 is 19.9 Å². The Labute approximate surface area is 227 Å². The molecule has 0 aliphatic carbocycles. The average molecular weight is 532 g/mol. The van der Waals surface area contributed by atoms with Crippen LogP contribution in [-0.4, -0.2) is 95.4 Å². The van der Waals surface area contributed by atoms with E-state index in [2.05, 4.69) is 39.2 Å². The van der Waals surface area contributed by atoms with E-state index in [1.54, 1.807) is 30.7 Å². The average Bonchev–Trinajstić information content (AvgIpc) is 3.37. The maximum atomic E-state index is 14.3. The second-order valence-corrected chi connectivity index (χ2v) is 10.1. The van der Waals surface area contributed by atoms with Gasteiger partial charge in [0.25, 0.3) is 5.91 Å². The quantitative estimate of drug-likeness (QED) is 0.369. The van der Waals surface area contributed by atoms with Crippen molar-refractivity contribution in [2.75, 3.05) is 65.8 Å². The third-order valence-corrected chi connectivity index (χ3v) is 7.12. The molecule has 0 unspecified atom stereocenters. The van der Waals surface area contributed by atoms with Crippen LogP contribution in [0, 0.1) is 12.7 Å². The van der Waals surface area contributed by atoms with E-state index >= 15 is 0 Å². The molecule has 0 radical (unpaired) electrons. The molecule has 1 aliphatic rings. The molecule has 4 aromatic rings. The van der Waals surface area contributed by atoms with Gasteiger partial charge in [0.05, 0.1) is 19.0 Å². The zero-order valence-electron chi connectivity index (χ0n) is 22.8. The first-order valence-corrected chi connectivity index (χ1v) is 13.0. The third-order valence-electron chi connectivity index (χ3n) is 7.12.